The van der Waals surface area contributed by atoms with Gasteiger partial charge in [0.15, 0.2) is 11.6 Å². The van der Waals surface area contributed by atoms with Gasteiger partial charge in [-0.05, 0) is 41.7 Å². The van der Waals surface area contributed by atoms with Crippen LogP contribution in [0.3, 0.4) is 0 Å². The van der Waals surface area contributed by atoms with Gasteiger partial charge in [0.25, 0.3) is 0 Å². The Hall–Kier alpha value is -2.68. The van der Waals surface area contributed by atoms with Crippen molar-refractivity contribution in [1.82, 2.24) is 0 Å². The number of rotatable bonds is 10. The minimum Gasteiger partial charge on any atom is -0.508 e. The molecule has 3 rings (SSSR count). The van der Waals surface area contributed by atoms with Crippen LogP contribution in [0.5, 0.6) is 5.75 Å². The van der Waals surface area contributed by atoms with Gasteiger partial charge in [-0.2, -0.15) is 0 Å². The van der Waals surface area contributed by atoms with Crippen molar-refractivity contribution in [2.75, 3.05) is 0 Å². The van der Waals surface area contributed by atoms with Crippen LogP contribution in [0, 0.1) is 11.6 Å². The van der Waals surface area contributed by atoms with Gasteiger partial charge in [-0.1, -0.05) is 94.0 Å². The molecule has 3 heteroatoms. The van der Waals surface area contributed by atoms with Crippen molar-refractivity contribution >= 4 is 0 Å². The summed E-state index contributed by atoms with van der Waals surface area (Å²) in [5.74, 6) is -1.63. The zero-order chi connectivity index (χ0) is 21.3. The highest BCUT2D eigenvalue weighted by Crippen LogP contribution is 2.32. The van der Waals surface area contributed by atoms with E-state index in [1.165, 1.54) is 56.2 Å². The summed E-state index contributed by atoms with van der Waals surface area (Å²) in [4.78, 5) is 0. The highest BCUT2D eigenvalue weighted by molar-refractivity contribution is 5.72. The normalized spacial score (nSPS) is 11.0. The Kier molecular flexibility index (Phi) is 8.01. The van der Waals surface area contributed by atoms with E-state index >= 15 is 0 Å². The molecule has 158 valence electrons. The molecular formula is C27H30F2O. The lowest BCUT2D eigenvalue weighted by Crippen LogP contribution is -1.94. The number of hydrogen-bond donors (Lipinski definition) is 1. The van der Waals surface area contributed by atoms with Gasteiger partial charge in [0.05, 0.1) is 0 Å². The van der Waals surface area contributed by atoms with Crippen molar-refractivity contribution in [3.63, 3.8) is 0 Å². The van der Waals surface area contributed by atoms with Gasteiger partial charge in [0, 0.05) is 11.1 Å². The number of phenolic OH excluding ortho intramolecular Hbond substituents is 1. The Morgan fingerprint density at radius 3 is 1.60 bits per heavy atom. The van der Waals surface area contributed by atoms with Crippen LogP contribution in [0.2, 0.25) is 0 Å². The molecule has 0 aliphatic heterocycles. The van der Waals surface area contributed by atoms with E-state index in [1.54, 1.807) is 24.3 Å². The molecule has 0 saturated heterocycles. The molecule has 0 unspecified atom stereocenters. The van der Waals surface area contributed by atoms with Crippen LogP contribution in [-0.2, 0) is 6.42 Å². The van der Waals surface area contributed by atoms with Gasteiger partial charge < -0.3 is 5.11 Å². The van der Waals surface area contributed by atoms with Gasteiger partial charge in [-0.15, -0.1) is 0 Å². The standard InChI is InChI=1S/C27H30F2O/c1-2-3-4-5-6-7-8-9-20-10-12-21(13-11-20)24-18-19-25(27(29)26(24)28)22-14-16-23(30)17-15-22/h10-19,30H,2-9H2,1H3. The summed E-state index contributed by atoms with van der Waals surface area (Å²) in [6, 6.07) is 17.0. The molecule has 0 aromatic heterocycles. The molecule has 0 heterocycles. The molecule has 0 aliphatic rings. The van der Waals surface area contributed by atoms with E-state index in [0.717, 1.165) is 12.8 Å². The van der Waals surface area contributed by atoms with Crippen LogP contribution < -0.4 is 0 Å². The maximum atomic E-state index is 14.8. The first kappa shape index (κ1) is 22.0. The first-order chi connectivity index (χ1) is 14.6. The van der Waals surface area contributed by atoms with E-state index in [2.05, 4.69) is 6.92 Å². The maximum Gasteiger partial charge on any atom is 0.167 e. The molecule has 0 spiro atoms. The Balaban J connectivity index is 1.63. The van der Waals surface area contributed by atoms with Crippen molar-refractivity contribution < 1.29 is 13.9 Å². The fourth-order valence-electron chi connectivity index (χ4n) is 3.77. The number of benzene rings is 3. The maximum absolute atomic E-state index is 14.8. The molecule has 0 fully saturated rings. The Labute approximate surface area is 178 Å². The molecule has 30 heavy (non-hydrogen) atoms. The van der Waals surface area contributed by atoms with Crippen LogP contribution in [-0.4, -0.2) is 5.11 Å². The number of aromatic hydroxyl groups is 1. The van der Waals surface area contributed by atoms with Crippen LogP contribution in [0.15, 0.2) is 60.7 Å². The van der Waals surface area contributed by atoms with E-state index in [-0.39, 0.29) is 16.9 Å². The number of phenols is 1. The first-order valence-electron chi connectivity index (χ1n) is 11.0. The van der Waals surface area contributed by atoms with Crippen LogP contribution in [0.25, 0.3) is 22.3 Å². The minimum absolute atomic E-state index is 0.0906. The van der Waals surface area contributed by atoms with Crippen molar-refractivity contribution in [1.29, 1.82) is 0 Å². The van der Waals surface area contributed by atoms with Crippen LogP contribution in [0.4, 0.5) is 8.78 Å². The molecule has 0 aliphatic carbocycles. The highest BCUT2D eigenvalue weighted by atomic mass is 19.2. The molecule has 0 bridgehead atoms. The molecular weight excluding hydrogens is 378 g/mol. The summed E-state index contributed by atoms with van der Waals surface area (Å²) in [5, 5.41) is 9.39. The number of hydrogen-bond acceptors (Lipinski definition) is 1. The summed E-state index contributed by atoms with van der Waals surface area (Å²) >= 11 is 0. The van der Waals surface area contributed by atoms with Gasteiger partial charge in [-0.25, -0.2) is 8.78 Å². The van der Waals surface area contributed by atoms with E-state index in [4.69, 9.17) is 0 Å². The predicted octanol–water partition coefficient (Wildman–Crippen LogP) is 8.30. The Bertz CT molecular complexity index is 930. The summed E-state index contributed by atoms with van der Waals surface area (Å²) in [5.41, 5.74) is 2.88. The lowest BCUT2D eigenvalue weighted by Gasteiger charge is -2.10. The summed E-state index contributed by atoms with van der Waals surface area (Å²) in [7, 11) is 0. The first-order valence-corrected chi connectivity index (χ1v) is 11.0. The Morgan fingerprint density at radius 2 is 1.07 bits per heavy atom. The quantitative estimate of drug-likeness (QED) is 0.335. The van der Waals surface area contributed by atoms with Gasteiger partial charge >= 0.3 is 0 Å². The van der Waals surface area contributed by atoms with E-state index in [0.29, 0.717) is 11.1 Å². The molecule has 1 N–H and O–H groups in total. The molecule has 3 aromatic rings. The third kappa shape index (κ3) is 5.69. The largest absolute Gasteiger partial charge is 0.508 e. The molecule has 1 nitrogen and oxygen atoms in total. The molecule has 3 aromatic carbocycles. The molecule has 0 atom stereocenters. The average Bonchev–Trinajstić information content (AvgIpc) is 2.76. The number of halogens is 2. The monoisotopic (exact) mass is 408 g/mol. The molecule has 0 radical (unpaired) electrons. The highest BCUT2D eigenvalue weighted by Gasteiger charge is 2.16. The summed E-state index contributed by atoms with van der Waals surface area (Å²) < 4.78 is 29.5. The second-order valence-corrected chi connectivity index (χ2v) is 7.90. The Morgan fingerprint density at radius 1 is 0.600 bits per heavy atom. The number of unbranched alkanes of at least 4 members (excludes halogenated alkanes) is 6. The fourth-order valence-corrected chi connectivity index (χ4v) is 3.77. The lowest BCUT2D eigenvalue weighted by molar-refractivity contribution is 0.475. The van der Waals surface area contributed by atoms with Gasteiger partial charge in [0.1, 0.15) is 5.75 Å². The van der Waals surface area contributed by atoms with Crippen molar-refractivity contribution in [2.45, 2.75) is 58.3 Å². The second kappa shape index (κ2) is 10.9. The van der Waals surface area contributed by atoms with E-state index in [1.807, 2.05) is 24.3 Å². The molecule has 0 amide bonds. The van der Waals surface area contributed by atoms with E-state index in [9.17, 15) is 13.9 Å². The smallest absolute Gasteiger partial charge is 0.167 e. The van der Waals surface area contributed by atoms with Crippen molar-refractivity contribution in [3.8, 4) is 28.0 Å². The lowest BCUT2D eigenvalue weighted by atomic mass is 9.97. The van der Waals surface area contributed by atoms with Crippen LogP contribution >= 0.6 is 0 Å². The summed E-state index contributed by atoms with van der Waals surface area (Å²) in [6.45, 7) is 2.23. The third-order valence-corrected chi connectivity index (χ3v) is 5.59. The minimum atomic E-state index is -0.870. The predicted molar refractivity (Wildman–Crippen MR) is 121 cm³/mol. The second-order valence-electron chi connectivity index (χ2n) is 7.90. The third-order valence-electron chi connectivity index (χ3n) is 5.59. The van der Waals surface area contributed by atoms with E-state index < -0.39 is 11.6 Å². The van der Waals surface area contributed by atoms with Crippen molar-refractivity contribution in [3.05, 3.63) is 77.9 Å². The fraction of sp³-hybridized carbons (Fsp3) is 0.333. The van der Waals surface area contributed by atoms with Gasteiger partial charge in [-0.3, -0.25) is 0 Å². The van der Waals surface area contributed by atoms with Crippen LogP contribution in [0.1, 0.15) is 57.4 Å². The van der Waals surface area contributed by atoms with Crippen molar-refractivity contribution in [2.24, 2.45) is 0 Å². The summed E-state index contributed by atoms with van der Waals surface area (Å²) in [6.07, 6.45) is 9.96. The molecule has 0 saturated carbocycles. The zero-order valence-corrected chi connectivity index (χ0v) is 17.6. The zero-order valence-electron chi connectivity index (χ0n) is 17.6. The topological polar surface area (TPSA) is 20.2 Å². The average molecular weight is 409 g/mol. The SMILES string of the molecule is CCCCCCCCCc1ccc(-c2ccc(-c3ccc(O)cc3)c(F)c2F)cc1. The number of aryl methyl sites for hydroxylation is 1. The van der Waals surface area contributed by atoms with Gasteiger partial charge in [0.2, 0.25) is 0 Å².